The molecule has 0 aliphatic heterocycles. The lowest BCUT2D eigenvalue weighted by atomic mass is 10.1. The predicted molar refractivity (Wildman–Crippen MR) is 87.6 cm³/mol. The molecule has 0 unspecified atom stereocenters. The minimum atomic E-state index is 0.754. The quantitative estimate of drug-likeness (QED) is 0.738. The molecule has 0 aliphatic carbocycles. The summed E-state index contributed by atoms with van der Waals surface area (Å²) in [6.07, 6.45) is 1.79. The molecule has 0 atom stereocenters. The Kier molecular flexibility index (Phi) is 3.51. The zero-order valence-corrected chi connectivity index (χ0v) is 12.6. The van der Waals surface area contributed by atoms with E-state index in [1.165, 1.54) is 4.88 Å². The third-order valence-electron chi connectivity index (χ3n) is 3.22. The van der Waals surface area contributed by atoms with Crippen molar-refractivity contribution in [2.45, 2.75) is 6.54 Å². The van der Waals surface area contributed by atoms with Gasteiger partial charge >= 0.3 is 0 Å². The predicted octanol–water partition coefficient (Wildman–Crippen LogP) is 4.17. The van der Waals surface area contributed by atoms with Gasteiger partial charge in [-0.25, -0.2) is 0 Å². The molecule has 0 aliphatic rings. The van der Waals surface area contributed by atoms with E-state index < -0.39 is 0 Å². The molecule has 0 saturated carbocycles. The van der Waals surface area contributed by atoms with Crippen molar-refractivity contribution in [1.29, 1.82) is 0 Å². The Hall–Kier alpha value is -1.78. The van der Waals surface area contributed by atoms with E-state index in [4.69, 9.17) is 17.3 Å². The average molecular weight is 304 g/mol. The van der Waals surface area contributed by atoms with Gasteiger partial charge < -0.3 is 10.6 Å². The number of aromatic nitrogens is 1. The van der Waals surface area contributed by atoms with Crippen LogP contribution in [0.5, 0.6) is 0 Å². The van der Waals surface area contributed by atoms with Crippen LogP contribution in [0.2, 0.25) is 4.34 Å². The van der Waals surface area contributed by atoms with Gasteiger partial charge in [0, 0.05) is 29.2 Å². The summed E-state index contributed by atoms with van der Waals surface area (Å²) in [5.41, 5.74) is 8.76. The lowest BCUT2D eigenvalue weighted by Crippen LogP contribution is -2.16. The SMILES string of the molecule is CN(Cc1ccc(Cl)s1)c1ccc(N)c2cccnc12. The number of pyridine rings is 1. The molecule has 2 N–H and O–H groups in total. The van der Waals surface area contributed by atoms with Crippen molar-refractivity contribution in [3.63, 3.8) is 0 Å². The highest BCUT2D eigenvalue weighted by Gasteiger charge is 2.10. The number of anilines is 2. The summed E-state index contributed by atoms with van der Waals surface area (Å²) in [4.78, 5) is 7.85. The van der Waals surface area contributed by atoms with Gasteiger partial charge in [0.05, 0.1) is 22.1 Å². The largest absolute Gasteiger partial charge is 0.398 e. The van der Waals surface area contributed by atoms with Gasteiger partial charge in [-0.2, -0.15) is 0 Å². The molecule has 5 heteroatoms. The number of rotatable bonds is 3. The average Bonchev–Trinajstić information content (AvgIpc) is 2.84. The molecule has 102 valence electrons. The number of hydrogen-bond acceptors (Lipinski definition) is 4. The van der Waals surface area contributed by atoms with Crippen LogP contribution >= 0.6 is 22.9 Å². The van der Waals surface area contributed by atoms with Gasteiger partial charge in [0.25, 0.3) is 0 Å². The van der Waals surface area contributed by atoms with E-state index in [0.717, 1.165) is 33.2 Å². The minimum Gasteiger partial charge on any atom is -0.398 e. The summed E-state index contributed by atoms with van der Waals surface area (Å²) in [6, 6.07) is 11.8. The Balaban J connectivity index is 1.99. The van der Waals surface area contributed by atoms with Gasteiger partial charge in [0.1, 0.15) is 0 Å². The molecule has 0 fully saturated rings. The number of thiophene rings is 1. The normalized spacial score (nSPS) is 10.9. The first-order valence-electron chi connectivity index (χ1n) is 6.24. The Labute approximate surface area is 126 Å². The number of nitrogens with zero attached hydrogens (tertiary/aromatic N) is 2. The Morgan fingerprint density at radius 1 is 1.25 bits per heavy atom. The number of hydrogen-bond donors (Lipinski definition) is 1. The summed E-state index contributed by atoms with van der Waals surface area (Å²) in [7, 11) is 2.05. The topological polar surface area (TPSA) is 42.1 Å². The minimum absolute atomic E-state index is 0.754. The fourth-order valence-electron chi connectivity index (χ4n) is 2.24. The molecular weight excluding hydrogens is 290 g/mol. The first-order valence-corrected chi connectivity index (χ1v) is 7.43. The highest BCUT2D eigenvalue weighted by atomic mass is 35.5. The fraction of sp³-hybridized carbons (Fsp3) is 0.133. The van der Waals surface area contributed by atoms with Crippen LogP contribution in [0.25, 0.3) is 10.9 Å². The molecule has 0 bridgehead atoms. The molecule has 1 aromatic carbocycles. The van der Waals surface area contributed by atoms with Crippen LogP contribution in [0, 0.1) is 0 Å². The Morgan fingerprint density at radius 2 is 2.10 bits per heavy atom. The zero-order valence-electron chi connectivity index (χ0n) is 11.0. The highest BCUT2D eigenvalue weighted by molar-refractivity contribution is 7.16. The molecule has 0 spiro atoms. The molecule has 0 saturated heterocycles. The van der Waals surface area contributed by atoms with E-state index in [9.17, 15) is 0 Å². The number of benzene rings is 1. The third-order valence-corrected chi connectivity index (χ3v) is 4.43. The Bertz CT molecular complexity index is 754. The fourth-order valence-corrected chi connectivity index (χ4v) is 3.38. The van der Waals surface area contributed by atoms with Crippen LogP contribution in [0.4, 0.5) is 11.4 Å². The lowest BCUT2D eigenvalue weighted by molar-refractivity contribution is 0.944. The van der Waals surface area contributed by atoms with Crippen LogP contribution in [0.3, 0.4) is 0 Å². The lowest BCUT2D eigenvalue weighted by Gasteiger charge is -2.20. The maximum absolute atomic E-state index is 6.01. The summed E-state index contributed by atoms with van der Waals surface area (Å²) < 4.78 is 0.814. The second kappa shape index (κ2) is 5.31. The van der Waals surface area contributed by atoms with Gasteiger partial charge in [-0.1, -0.05) is 11.6 Å². The number of fused-ring (bicyclic) bond motifs is 1. The maximum Gasteiger partial charge on any atom is 0.0955 e. The summed E-state index contributed by atoms with van der Waals surface area (Å²) >= 11 is 7.57. The molecule has 20 heavy (non-hydrogen) atoms. The van der Waals surface area contributed by atoms with Gasteiger partial charge in [0.2, 0.25) is 0 Å². The van der Waals surface area contributed by atoms with Crippen molar-refractivity contribution in [2.75, 3.05) is 17.7 Å². The van der Waals surface area contributed by atoms with Crippen LogP contribution in [0.15, 0.2) is 42.6 Å². The molecule has 3 aromatic rings. The molecule has 3 nitrogen and oxygen atoms in total. The monoisotopic (exact) mass is 303 g/mol. The van der Waals surface area contributed by atoms with Crippen LogP contribution in [0.1, 0.15) is 4.88 Å². The van der Waals surface area contributed by atoms with E-state index in [0.29, 0.717) is 0 Å². The van der Waals surface area contributed by atoms with Crippen molar-refractivity contribution in [3.05, 3.63) is 51.8 Å². The third kappa shape index (κ3) is 2.44. The van der Waals surface area contributed by atoms with E-state index in [2.05, 4.69) is 16.0 Å². The van der Waals surface area contributed by atoms with E-state index in [1.54, 1.807) is 17.5 Å². The maximum atomic E-state index is 6.01. The van der Waals surface area contributed by atoms with E-state index in [-0.39, 0.29) is 0 Å². The van der Waals surface area contributed by atoms with Crippen molar-refractivity contribution in [2.24, 2.45) is 0 Å². The van der Waals surface area contributed by atoms with Gasteiger partial charge in [0.15, 0.2) is 0 Å². The molecule has 0 radical (unpaired) electrons. The van der Waals surface area contributed by atoms with Crippen LogP contribution in [-0.4, -0.2) is 12.0 Å². The van der Waals surface area contributed by atoms with Gasteiger partial charge in [-0.15, -0.1) is 11.3 Å². The van der Waals surface area contributed by atoms with Gasteiger partial charge in [-0.3, -0.25) is 4.98 Å². The number of nitrogen functional groups attached to an aromatic ring is 1. The summed E-state index contributed by atoms with van der Waals surface area (Å²) in [6.45, 7) is 0.799. The smallest absolute Gasteiger partial charge is 0.0955 e. The second-order valence-electron chi connectivity index (χ2n) is 4.64. The summed E-state index contributed by atoms with van der Waals surface area (Å²) in [5.74, 6) is 0. The standard InChI is InChI=1S/C15H14ClN3S/c1-19(9-10-4-7-14(16)20-10)13-6-5-12(17)11-3-2-8-18-15(11)13/h2-8H,9,17H2,1H3. The zero-order chi connectivity index (χ0) is 14.1. The molecule has 2 heterocycles. The van der Waals surface area contributed by atoms with E-state index >= 15 is 0 Å². The van der Waals surface area contributed by atoms with Crippen LogP contribution < -0.4 is 10.6 Å². The van der Waals surface area contributed by atoms with Crippen molar-refractivity contribution >= 4 is 45.2 Å². The number of nitrogens with two attached hydrogens (primary N) is 1. The molecular formula is C15H14ClN3S. The van der Waals surface area contributed by atoms with Crippen LogP contribution in [-0.2, 0) is 6.54 Å². The number of halogens is 1. The molecule has 0 amide bonds. The summed E-state index contributed by atoms with van der Waals surface area (Å²) in [5, 5.41) is 0.987. The molecule has 2 aromatic heterocycles. The van der Waals surface area contributed by atoms with Crippen molar-refractivity contribution < 1.29 is 0 Å². The van der Waals surface area contributed by atoms with Gasteiger partial charge in [-0.05, 0) is 36.4 Å². The first kappa shape index (κ1) is 13.2. The highest BCUT2D eigenvalue weighted by Crippen LogP contribution is 2.30. The van der Waals surface area contributed by atoms with Crippen molar-refractivity contribution in [1.82, 2.24) is 4.98 Å². The first-order chi connectivity index (χ1) is 9.65. The Morgan fingerprint density at radius 3 is 2.85 bits per heavy atom. The second-order valence-corrected chi connectivity index (χ2v) is 6.44. The molecule has 3 rings (SSSR count). The van der Waals surface area contributed by atoms with E-state index in [1.807, 2.05) is 37.4 Å². The van der Waals surface area contributed by atoms with Crippen molar-refractivity contribution in [3.8, 4) is 0 Å².